The first-order valence-corrected chi connectivity index (χ1v) is 5.83. The lowest BCUT2D eigenvalue weighted by Crippen LogP contribution is -2.44. The Bertz CT molecular complexity index is 436. The number of rotatable bonds is 5. The van der Waals surface area contributed by atoms with Gasteiger partial charge in [-0.05, 0) is 17.7 Å². The normalized spacial score (nSPS) is 12.2. The van der Waals surface area contributed by atoms with E-state index in [1.165, 1.54) is 24.3 Å². The topological polar surface area (TPSA) is 66.4 Å². The van der Waals surface area contributed by atoms with Gasteiger partial charge < -0.3 is 10.4 Å². The van der Waals surface area contributed by atoms with E-state index in [0.717, 1.165) is 0 Å². The van der Waals surface area contributed by atoms with Crippen molar-refractivity contribution in [3.8, 4) is 0 Å². The van der Waals surface area contributed by atoms with Crippen molar-refractivity contribution in [1.82, 2.24) is 5.32 Å². The van der Waals surface area contributed by atoms with Crippen LogP contribution in [0.3, 0.4) is 0 Å². The second-order valence-corrected chi connectivity index (χ2v) is 4.63. The van der Waals surface area contributed by atoms with Crippen LogP contribution in [0.25, 0.3) is 0 Å². The average Bonchev–Trinajstić information content (AvgIpc) is 2.30. The molecule has 0 fully saturated rings. The van der Waals surface area contributed by atoms with E-state index in [4.69, 9.17) is 28.3 Å². The van der Waals surface area contributed by atoms with Gasteiger partial charge in [0.1, 0.15) is 11.9 Å². The Morgan fingerprint density at radius 3 is 2.28 bits per heavy atom. The zero-order chi connectivity index (χ0) is 13.7. The number of carbonyl (C=O) groups excluding carboxylic acids is 1. The molecule has 1 amide bonds. The molecular weight excluding hydrogens is 284 g/mol. The van der Waals surface area contributed by atoms with Crippen molar-refractivity contribution in [3.05, 3.63) is 35.6 Å². The van der Waals surface area contributed by atoms with Crippen LogP contribution in [0, 0.1) is 5.82 Å². The predicted molar refractivity (Wildman–Crippen MR) is 65.2 cm³/mol. The Morgan fingerprint density at radius 2 is 1.83 bits per heavy atom. The Hall–Kier alpha value is -1.33. The molecule has 98 valence electrons. The van der Waals surface area contributed by atoms with E-state index in [2.05, 4.69) is 5.32 Å². The molecule has 0 bridgehead atoms. The fourth-order valence-electron chi connectivity index (χ4n) is 1.29. The molecule has 2 N–H and O–H groups in total. The monoisotopic (exact) mass is 293 g/mol. The van der Waals surface area contributed by atoms with Crippen LogP contribution in [-0.4, -0.2) is 27.9 Å². The van der Waals surface area contributed by atoms with Gasteiger partial charge in [0.05, 0.1) is 0 Å². The molecule has 0 saturated heterocycles. The van der Waals surface area contributed by atoms with Crippen molar-refractivity contribution in [2.24, 2.45) is 0 Å². The summed E-state index contributed by atoms with van der Waals surface area (Å²) in [5.74, 6) is -2.43. The SMILES string of the molecule is O=C(N[C@@H](Cc1ccc(F)cc1)C(=O)O)C(Cl)Cl. The maximum atomic E-state index is 12.7. The molecule has 1 aromatic rings. The number of amides is 1. The molecule has 1 rings (SSSR count). The fourth-order valence-corrected chi connectivity index (χ4v) is 1.42. The molecule has 1 atom stereocenters. The molecule has 0 aliphatic carbocycles. The summed E-state index contributed by atoms with van der Waals surface area (Å²) in [6.07, 6.45) is 0.0157. The van der Waals surface area contributed by atoms with Gasteiger partial charge in [0, 0.05) is 6.42 Å². The van der Waals surface area contributed by atoms with Crippen LogP contribution in [0.15, 0.2) is 24.3 Å². The molecular formula is C11H10Cl2FNO3. The van der Waals surface area contributed by atoms with Crippen molar-refractivity contribution in [2.75, 3.05) is 0 Å². The third-order valence-corrected chi connectivity index (χ3v) is 2.56. The lowest BCUT2D eigenvalue weighted by atomic mass is 10.1. The van der Waals surface area contributed by atoms with Crippen LogP contribution in [-0.2, 0) is 16.0 Å². The zero-order valence-corrected chi connectivity index (χ0v) is 10.6. The number of aliphatic carboxylic acids is 1. The Kier molecular flexibility index (Phi) is 5.37. The molecule has 18 heavy (non-hydrogen) atoms. The standard InChI is InChI=1S/C11H10Cl2FNO3/c12-9(13)10(16)15-8(11(17)18)5-6-1-3-7(14)4-2-6/h1-4,8-9H,5H2,(H,15,16)(H,17,18)/t8-/m0/s1. The van der Waals surface area contributed by atoms with Crippen molar-refractivity contribution in [2.45, 2.75) is 17.3 Å². The maximum Gasteiger partial charge on any atom is 0.326 e. The fraction of sp³-hybridized carbons (Fsp3) is 0.273. The van der Waals surface area contributed by atoms with Gasteiger partial charge in [0.15, 0.2) is 4.84 Å². The summed E-state index contributed by atoms with van der Waals surface area (Å²) in [5, 5.41) is 11.1. The average molecular weight is 294 g/mol. The molecule has 0 unspecified atom stereocenters. The summed E-state index contributed by atoms with van der Waals surface area (Å²) < 4.78 is 12.7. The van der Waals surface area contributed by atoms with Gasteiger partial charge in [-0.25, -0.2) is 9.18 Å². The number of nitrogens with one attached hydrogen (secondary N) is 1. The third-order valence-electron chi connectivity index (χ3n) is 2.17. The highest BCUT2D eigenvalue weighted by molar-refractivity contribution is 6.53. The molecule has 1 aromatic carbocycles. The lowest BCUT2D eigenvalue weighted by molar-refractivity contribution is -0.141. The van der Waals surface area contributed by atoms with Crippen molar-refractivity contribution >= 4 is 35.1 Å². The van der Waals surface area contributed by atoms with Gasteiger partial charge >= 0.3 is 5.97 Å². The minimum absolute atomic E-state index is 0.0157. The maximum absolute atomic E-state index is 12.7. The van der Waals surface area contributed by atoms with E-state index in [-0.39, 0.29) is 6.42 Å². The smallest absolute Gasteiger partial charge is 0.326 e. The van der Waals surface area contributed by atoms with Crippen LogP contribution in [0.2, 0.25) is 0 Å². The van der Waals surface area contributed by atoms with Gasteiger partial charge in [-0.3, -0.25) is 4.79 Å². The second kappa shape index (κ2) is 6.56. The van der Waals surface area contributed by atoms with Crippen molar-refractivity contribution < 1.29 is 19.1 Å². The van der Waals surface area contributed by atoms with Crippen LogP contribution < -0.4 is 5.32 Å². The summed E-state index contributed by atoms with van der Waals surface area (Å²) in [6, 6.07) is 4.14. The summed E-state index contributed by atoms with van der Waals surface area (Å²) in [6.45, 7) is 0. The molecule has 0 saturated carbocycles. The molecule has 0 aliphatic rings. The molecule has 0 aromatic heterocycles. The minimum Gasteiger partial charge on any atom is -0.480 e. The van der Waals surface area contributed by atoms with E-state index >= 15 is 0 Å². The predicted octanol–water partition coefficient (Wildman–Crippen LogP) is 1.74. The highest BCUT2D eigenvalue weighted by Gasteiger charge is 2.23. The number of halogens is 3. The Labute approximate surface area is 113 Å². The minimum atomic E-state index is -1.33. The Balaban J connectivity index is 2.72. The van der Waals surface area contributed by atoms with Crippen LogP contribution in [0.4, 0.5) is 4.39 Å². The largest absolute Gasteiger partial charge is 0.480 e. The van der Waals surface area contributed by atoms with E-state index in [9.17, 15) is 14.0 Å². The van der Waals surface area contributed by atoms with E-state index in [1.54, 1.807) is 0 Å². The first kappa shape index (κ1) is 14.7. The lowest BCUT2D eigenvalue weighted by Gasteiger charge is -2.14. The van der Waals surface area contributed by atoms with Crippen LogP contribution in [0.5, 0.6) is 0 Å². The summed E-state index contributed by atoms with van der Waals surface area (Å²) in [7, 11) is 0. The van der Waals surface area contributed by atoms with Crippen LogP contribution in [0.1, 0.15) is 5.56 Å². The zero-order valence-electron chi connectivity index (χ0n) is 9.07. The molecule has 4 nitrogen and oxygen atoms in total. The first-order valence-electron chi connectivity index (χ1n) is 4.96. The number of carboxylic acid groups (broad SMARTS) is 1. The number of carboxylic acids is 1. The molecule has 0 aliphatic heterocycles. The van der Waals surface area contributed by atoms with Crippen molar-refractivity contribution in [1.29, 1.82) is 0 Å². The number of alkyl halides is 2. The second-order valence-electron chi connectivity index (χ2n) is 3.53. The van der Waals surface area contributed by atoms with Crippen molar-refractivity contribution in [3.63, 3.8) is 0 Å². The number of carbonyl (C=O) groups is 2. The van der Waals surface area contributed by atoms with Gasteiger partial charge in [-0.1, -0.05) is 35.3 Å². The number of hydrogen-bond acceptors (Lipinski definition) is 2. The summed E-state index contributed by atoms with van der Waals surface area (Å²) >= 11 is 10.6. The molecule has 7 heteroatoms. The first-order chi connectivity index (χ1) is 8.40. The number of benzene rings is 1. The highest BCUT2D eigenvalue weighted by Crippen LogP contribution is 2.08. The third kappa shape index (κ3) is 4.50. The molecule has 0 heterocycles. The molecule has 0 spiro atoms. The van der Waals surface area contributed by atoms with Gasteiger partial charge in [0.25, 0.3) is 5.91 Å². The highest BCUT2D eigenvalue weighted by atomic mass is 35.5. The quantitative estimate of drug-likeness (QED) is 0.813. The van der Waals surface area contributed by atoms with Gasteiger partial charge in [-0.2, -0.15) is 0 Å². The summed E-state index contributed by atoms with van der Waals surface area (Å²) in [5.41, 5.74) is 0.574. The van der Waals surface area contributed by atoms with Crippen LogP contribution >= 0.6 is 23.2 Å². The van der Waals surface area contributed by atoms with Gasteiger partial charge in [-0.15, -0.1) is 0 Å². The van der Waals surface area contributed by atoms with E-state index < -0.39 is 28.6 Å². The molecule has 0 radical (unpaired) electrons. The van der Waals surface area contributed by atoms with E-state index in [1.807, 2.05) is 0 Å². The van der Waals surface area contributed by atoms with E-state index in [0.29, 0.717) is 5.56 Å². The summed E-state index contributed by atoms with van der Waals surface area (Å²) in [4.78, 5) is 20.8. The Morgan fingerprint density at radius 1 is 1.28 bits per heavy atom. The number of hydrogen-bond donors (Lipinski definition) is 2. The van der Waals surface area contributed by atoms with Gasteiger partial charge in [0.2, 0.25) is 0 Å².